The molecular formula is C19H14N2O6. The van der Waals surface area contributed by atoms with Crippen molar-refractivity contribution < 1.29 is 20.1 Å². The van der Waals surface area contributed by atoms with Crippen molar-refractivity contribution in [1.82, 2.24) is 0 Å². The first-order chi connectivity index (χ1) is 12.9. The number of nitro benzene ring substituents is 2. The Labute approximate surface area is 153 Å². The third kappa shape index (κ3) is 3.54. The molecule has 0 amide bonds. The molecule has 2 N–H and O–H groups in total. The molecule has 0 heterocycles. The van der Waals surface area contributed by atoms with Gasteiger partial charge in [0.1, 0.15) is 11.5 Å². The van der Waals surface area contributed by atoms with Crippen LogP contribution in [-0.2, 0) is 0 Å². The lowest BCUT2D eigenvalue weighted by Crippen LogP contribution is -2.06. The summed E-state index contributed by atoms with van der Waals surface area (Å²) in [7, 11) is 0. The van der Waals surface area contributed by atoms with Gasteiger partial charge < -0.3 is 10.2 Å². The zero-order valence-corrected chi connectivity index (χ0v) is 13.9. The van der Waals surface area contributed by atoms with Gasteiger partial charge in [-0.3, -0.25) is 20.2 Å². The summed E-state index contributed by atoms with van der Waals surface area (Å²) in [5.74, 6) is -1.29. The number of hydrogen-bond donors (Lipinski definition) is 2. The van der Waals surface area contributed by atoms with E-state index in [1.54, 1.807) is 30.3 Å². The summed E-state index contributed by atoms with van der Waals surface area (Å²) in [6.07, 6.45) is 0. The van der Waals surface area contributed by atoms with Crippen LogP contribution >= 0.6 is 0 Å². The Hall–Kier alpha value is -3.94. The summed E-state index contributed by atoms with van der Waals surface area (Å²) in [4.78, 5) is 21.1. The van der Waals surface area contributed by atoms with E-state index < -0.39 is 15.8 Å². The summed E-state index contributed by atoms with van der Waals surface area (Å²) in [6, 6.07) is 15.7. The quantitative estimate of drug-likeness (QED) is 0.398. The highest BCUT2D eigenvalue weighted by molar-refractivity contribution is 5.57. The number of nitrogens with zero attached hydrogens (tertiary/aromatic N) is 2. The molecule has 0 unspecified atom stereocenters. The normalized spacial score (nSPS) is 10.7. The lowest BCUT2D eigenvalue weighted by Gasteiger charge is -2.20. The minimum absolute atomic E-state index is 0.159. The van der Waals surface area contributed by atoms with Crippen molar-refractivity contribution in [3.05, 3.63) is 104 Å². The molecule has 0 aliphatic heterocycles. The molecule has 27 heavy (non-hydrogen) atoms. The first-order valence-corrected chi connectivity index (χ1v) is 7.88. The number of non-ortho nitro benzene ring substituents is 2. The molecule has 0 bridgehead atoms. The number of nitro groups is 2. The number of hydrogen-bond acceptors (Lipinski definition) is 6. The van der Waals surface area contributed by atoms with Crippen molar-refractivity contribution in [1.29, 1.82) is 0 Å². The topological polar surface area (TPSA) is 127 Å². The van der Waals surface area contributed by atoms with Gasteiger partial charge in [0, 0.05) is 41.3 Å². The molecule has 136 valence electrons. The summed E-state index contributed by atoms with van der Waals surface area (Å²) in [6.45, 7) is 0. The van der Waals surface area contributed by atoms with Crippen LogP contribution in [0.1, 0.15) is 22.6 Å². The third-order valence-electron chi connectivity index (χ3n) is 4.20. The highest BCUT2D eigenvalue weighted by atomic mass is 16.6. The van der Waals surface area contributed by atoms with Gasteiger partial charge in [0.2, 0.25) is 0 Å². The summed E-state index contributed by atoms with van der Waals surface area (Å²) in [5, 5.41) is 43.0. The molecule has 0 saturated heterocycles. The predicted molar refractivity (Wildman–Crippen MR) is 96.9 cm³/mol. The lowest BCUT2D eigenvalue weighted by molar-refractivity contribution is -0.385. The maximum atomic E-state index is 11.2. The first kappa shape index (κ1) is 17.9. The predicted octanol–water partition coefficient (Wildman–Crippen LogP) is 4.09. The van der Waals surface area contributed by atoms with Crippen LogP contribution in [0.5, 0.6) is 11.5 Å². The molecule has 3 aromatic carbocycles. The Morgan fingerprint density at radius 1 is 0.704 bits per heavy atom. The van der Waals surface area contributed by atoms with Crippen molar-refractivity contribution >= 4 is 11.4 Å². The molecule has 0 aliphatic carbocycles. The van der Waals surface area contributed by atoms with Crippen LogP contribution in [0.15, 0.2) is 66.7 Å². The Bertz CT molecular complexity index is 956. The maximum Gasteiger partial charge on any atom is 0.270 e. The van der Waals surface area contributed by atoms with Crippen LogP contribution in [-0.4, -0.2) is 20.1 Å². The summed E-state index contributed by atoms with van der Waals surface area (Å²) in [5.41, 5.74) is 0.434. The van der Waals surface area contributed by atoms with Crippen molar-refractivity contribution in [3.8, 4) is 11.5 Å². The van der Waals surface area contributed by atoms with Gasteiger partial charge >= 0.3 is 0 Å². The molecule has 8 heteroatoms. The second-order valence-electron chi connectivity index (χ2n) is 5.84. The number of phenols is 2. The van der Waals surface area contributed by atoms with Gasteiger partial charge in [-0.05, 0) is 17.7 Å². The van der Waals surface area contributed by atoms with Gasteiger partial charge in [-0.25, -0.2) is 0 Å². The number of aromatic hydroxyl groups is 2. The van der Waals surface area contributed by atoms with Crippen molar-refractivity contribution in [2.24, 2.45) is 0 Å². The molecule has 0 atom stereocenters. The molecule has 3 aromatic rings. The van der Waals surface area contributed by atoms with Crippen molar-refractivity contribution in [2.75, 3.05) is 0 Å². The highest BCUT2D eigenvalue weighted by Gasteiger charge is 2.26. The van der Waals surface area contributed by atoms with Crippen LogP contribution in [0.3, 0.4) is 0 Å². The fourth-order valence-electron chi connectivity index (χ4n) is 2.95. The maximum absolute atomic E-state index is 11.2. The molecule has 0 radical (unpaired) electrons. The minimum Gasteiger partial charge on any atom is -0.508 e. The average Bonchev–Trinajstić information content (AvgIpc) is 2.65. The van der Waals surface area contributed by atoms with E-state index in [2.05, 4.69) is 0 Å². The van der Waals surface area contributed by atoms with Crippen molar-refractivity contribution in [2.45, 2.75) is 5.92 Å². The second-order valence-corrected chi connectivity index (χ2v) is 5.84. The van der Waals surface area contributed by atoms with Gasteiger partial charge in [0.05, 0.1) is 9.85 Å². The Balaban J connectivity index is 2.29. The molecule has 0 aliphatic rings. The number of rotatable bonds is 5. The Morgan fingerprint density at radius 3 is 1.56 bits per heavy atom. The van der Waals surface area contributed by atoms with Crippen LogP contribution in [0, 0.1) is 20.2 Å². The smallest absolute Gasteiger partial charge is 0.270 e. The van der Waals surface area contributed by atoms with Gasteiger partial charge in [0.25, 0.3) is 11.4 Å². The molecular weight excluding hydrogens is 352 g/mol. The first-order valence-electron chi connectivity index (χ1n) is 7.88. The van der Waals surface area contributed by atoms with Gasteiger partial charge in [-0.1, -0.05) is 30.3 Å². The minimum atomic E-state index is -0.842. The van der Waals surface area contributed by atoms with Crippen LogP contribution < -0.4 is 0 Å². The third-order valence-corrected chi connectivity index (χ3v) is 4.20. The fourth-order valence-corrected chi connectivity index (χ4v) is 2.95. The van der Waals surface area contributed by atoms with E-state index in [1.807, 2.05) is 0 Å². The van der Waals surface area contributed by atoms with E-state index in [9.17, 15) is 30.4 Å². The monoisotopic (exact) mass is 366 g/mol. The zero-order chi connectivity index (χ0) is 19.6. The molecule has 3 rings (SSSR count). The van der Waals surface area contributed by atoms with E-state index in [-0.39, 0.29) is 34.0 Å². The summed E-state index contributed by atoms with van der Waals surface area (Å²) >= 11 is 0. The molecule has 0 spiro atoms. The van der Waals surface area contributed by atoms with Gasteiger partial charge in [0.15, 0.2) is 0 Å². The van der Waals surface area contributed by atoms with E-state index in [0.717, 1.165) is 12.1 Å². The van der Waals surface area contributed by atoms with Crippen LogP contribution in [0.2, 0.25) is 0 Å². The van der Waals surface area contributed by atoms with E-state index in [0.29, 0.717) is 5.56 Å². The Morgan fingerprint density at radius 2 is 1.15 bits per heavy atom. The van der Waals surface area contributed by atoms with Gasteiger partial charge in [-0.15, -0.1) is 0 Å². The zero-order valence-electron chi connectivity index (χ0n) is 13.9. The highest BCUT2D eigenvalue weighted by Crippen LogP contribution is 2.42. The lowest BCUT2D eigenvalue weighted by atomic mass is 9.83. The number of phenolic OH excluding ortho intramolecular Hbond substituents is 2. The van der Waals surface area contributed by atoms with E-state index in [1.165, 1.54) is 24.3 Å². The van der Waals surface area contributed by atoms with E-state index in [4.69, 9.17) is 0 Å². The summed E-state index contributed by atoms with van der Waals surface area (Å²) < 4.78 is 0. The van der Waals surface area contributed by atoms with Gasteiger partial charge in [-0.2, -0.15) is 0 Å². The average molecular weight is 366 g/mol. The number of benzene rings is 3. The fraction of sp³-hybridized carbons (Fsp3) is 0.0526. The largest absolute Gasteiger partial charge is 0.508 e. The van der Waals surface area contributed by atoms with Crippen LogP contribution in [0.25, 0.3) is 0 Å². The molecule has 0 saturated carbocycles. The van der Waals surface area contributed by atoms with E-state index >= 15 is 0 Å². The van der Waals surface area contributed by atoms with Crippen LogP contribution in [0.4, 0.5) is 11.4 Å². The SMILES string of the molecule is O=[N+]([O-])c1ccc(O)c(C(c2ccccc2)c2cc([N+](=O)[O-])ccc2O)c1. The standard InChI is InChI=1S/C19H14N2O6/c22-17-8-6-13(20(24)25)10-15(17)19(12-4-2-1-3-5-12)16-11-14(21(26)27)7-9-18(16)23/h1-11,19,22-23H. The Kier molecular flexibility index (Phi) is 4.71. The second kappa shape index (κ2) is 7.12. The molecule has 0 fully saturated rings. The van der Waals surface area contributed by atoms with Crippen molar-refractivity contribution in [3.63, 3.8) is 0 Å². The molecule has 0 aromatic heterocycles. The molecule has 8 nitrogen and oxygen atoms in total.